The van der Waals surface area contributed by atoms with Crippen molar-refractivity contribution in [3.05, 3.63) is 64.7 Å². The second-order valence-corrected chi connectivity index (χ2v) is 4.43. The van der Waals surface area contributed by atoms with Crippen LogP contribution in [0.25, 0.3) is 0 Å². The Morgan fingerprint density at radius 1 is 0.944 bits per heavy atom. The predicted molar refractivity (Wildman–Crippen MR) is 69.6 cm³/mol. The summed E-state index contributed by atoms with van der Waals surface area (Å²) in [7, 11) is 0. The molecule has 1 nitrogen and oxygen atoms in total. The summed E-state index contributed by atoms with van der Waals surface area (Å²) in [5.74, 6) is -1.04. The molecule has 18 heavy (non-hydrogen) atoms. The van der Waals surface area contributed by atoms with Crippen molar-refractivity contribution in [3.63, 3.8) is 0 Å². The van der Waals surface area contributed by atoms with Crippen molar-refractivity contribution in [2.75, 3.05) is 5.32 Å². The first-order chi connectivity index (χ1) is 8.56. The number of hydrogen-bond acceptors (Lipinski definition) is 1. The highest BCUT2D eigenvalue weighted by molar-refractivity contribution is 5.48. The molecule has 0 heterocycles. The summed E-state index contributed by atoms with van der Waals surface area (Å²) < 4.78 is 26.9. The molecular weight excluding hydrogens is 232 g/mol. The van der Waals surface area contributed by atoms with Gasteiger partial charge >= 0.3 is 0 Å². The van der Waals surface area contributed by atoms with Crippen LogP contribution in [0.2, 0.25) is 0 Å². The Morgan fingerprint density at radius 3 is 2.06 bits per heavy atom. The molecule has 0 aliphatic heterocycles. The van der Waals surface area contributed by atoms with Crippen LogP contribution in [0.4, 0.5) is 14.5 Å². The van der Waals surface area contributed by atoms with E-state index in [4.69, 9.17) is 0 Å². The third-order valence-corrected chi connectivity index (χ3v) is 2.75. The fraction of sp³-hybridized carbons (Fsp3) is 0.200. The topological polar surface area (TPSA) is 12.0 Å². The van der Waals surface area contributed by atoms with Crippen LogP contribution in [0.3, 0.4) is 0 Å². The highest BCUT2D eigenvalue weighted by atomic mass is 19.1. The van der Waals surface area contributed by atoms with Crippen molar-refractivity contribution in [2.45, 2.75) is 20.4 Å². The Bertz CT molecular complexity index is 524. The summed E-state index contributed by atoms with van der Waals surface area (Å²) in [4.78, 5) is 0. The van der Waals surface area contributed by atoms with Gasteiger partial charge in [0.1, 0.15) is 11.6 Å². The summed E-state index contributed by atoms with van der Waals surface area (Å²) in [6.07, 6.45) is 0. The number of nitrogens with one attached hydrogen (secondary N) is 1. The number of benzene rings is 2. The molecule has 0 aromatic heterocycles. The lowest BCUT2D eigenvalue weighted by atomic mass is 10.1. The third kappa shape index (κ3) is 2.86. The summed E-state index contributed by atoms with van der Waals surface area (Å²) in [5, 5.41) is 3.04. The predicted octanol–water partition coefficient (Wildman–Crippen LogP) is 4.19. The van der Waals surface area contributed by atoms with Crippen LogP contribution >= 0.6 is 0 Å². The summed E-state index contributed by atoms with van der Waals surface area (Å²) in [6, 6.07) is 9.85. The van der Waals surface area contributed by atoms with Gasteiger partial charge in [0.15, 0.2) is 0 Å². The van der Waals surface area contributed by atoms with Crippen LogP contribution in [-0.4, -0.2) is 0 Å². The molecule has 2 rings (SSSR count). The van der Waals surface area contributed by atoms with Crippen molar-refractivity contribution >= 4 is 5.69 Å². The zero-order chi connectivity index (χ0) is 13.1. The molecule has 0 aliphatic carbocycles. The van der Waals surface area contributed by atoms with E-state index in [9.17, 15) is 8.78 Å². The van der Waals surface area contributed by atoms with Crippen molar-refractivity contribution in [2.24, 2.45) is 0 Å². The van der Waals surface area contributed by atoms with E-state index in [1.165, 1.54) is 18.2 Å². The van der Waals surface area contributed by atoms with Gasteiger partial charge in [-0.15, -0.1) is 0 Å². The van der Waals surface area contributed by atoms with Crippen molar-refractivity contribution in [1.82, 2.24) is 0 Å². The van der Waals surface area contributed by atoms with Crippen molar-refractivity contribution < 1.29 is 8.78 Å². The molecule has 0 unspecified atom stereocenters. The van der Waals surface area contributed by atoms with Gasteiger partial charge in [0, 0.05) is 17.8 Å². The van der Waals surface area contributed by atoms with Gasteiger partial charge in [-0.1, -0.05) is 12.1 Å². The number of halogens is 2. The number of hydrogen-bond donors (Lipinski definition) is 1. The van der Waals surface area contributed by atoms with Gasteiger partial charge in [-0.05, 0) is 49.2 Å². The van der Waals surface area contributed by atoms with Crippen LogP contribution in [0.1, 0.15) is 16.7 Å². The van der Waals surface area contributed by atoms with E-state index < -0.39 is 11.6 Å². The third-order valence-electron chi connectivity index (χ3n) is 2.75. The van der Waals surface area contributed by atoms with Crippen molar-refractivity contribution in [1.29, 1.82) is 0 Å². The number of anilines is 1. The molecule has 0 amide bonds. The Labute approximate surface area is 105 Å². The first-order valence-corrected chi connectivity index (χ1v) is 5.81. The van der Waals surface area contributed by atoms with Crippen molar-refractivity contribution in [3.8, 4) is 0 Å². The van der Waals surface area contributed by atoms with E-state index in [1.807, 2.05) is 26.0 Å². The van der Waals surface area contributed by atoms with Gasteiger partial charge in [-0.2, -0.15) is 0 Å². The van der Waals surface area contributed by atoms with Crippen LogP contribution < -0.4 is 5.32 Å². The molecule has 3 heteroatoms. The van der Waals surface area contributed by atoms with Crippen LogP contribution in [0.15, 0.2) is 36.4 Å². The van der Waals surface area contributed by atoms with Gasteiger partial charge in [0.2, 0.25) is 0 Å². The van der Waals surface area contributed by atoms with Crippen LogP contribution in [-0.2, 0) is 6.54 Å². The van der Waals surface area contributed by atoms with Gasteiger partial charge in [0.25, 0.3) is 0 Å². The molecule has 1 N–H and O–H groups in total. The minimum Gasteiger partial charge on any atom is -0.381 e. The van der Waals surface area contributed by atoms with Gasteiger partial charge in [0.05, 0.1) is 0 Å². The Balaban J connectivity index is 2.16. The monoisotopic (exact) mass is 247 g/mol. The van der Waals surface area contributed by atoms with E-state index in [0.29, 0.717) is 0 Å². The number of aryl methyl sites for hydroxylation is 2. The maximum absolute atomic E-state index is 13.4. The highest BCUT2D eigenvalue weighted by Crippen LogP contribution is 2.17. The molecule has 0 bridgehead atoms. The standard InChI is InChI=1S/C15H15F2N/c1-10-6-11(2)8-12(7-10)18-9-13-14(16)4-3-5-15(13)17/h3-8,18H,9H2,1-2H3. The number of rotatable bonds is 3. The molecule has 0 saturated heterocycles. The molecule has 0 fully saturated rings. The first kappa shape index (κ1) is 12.6. The molecular formula is C15H15F2N. The Kier molecular flexibility index (Phi) is 3.60. The minimum atomic E-state index is -0.521. The summed E-state index contributed by atoms with van der Waals surface area (Å²) in [6.45, 7) is 4.12. The lowest BCUT2D eigenvalue weighted by Crippen LogP contribution is -2.04. The van der Waals surface area contributed by atoms with E-state index in [2.05, 4.69) is 11.4 Å². The zero-order valence-electron chi connectivity index (χ0n) is 10.4. The second-order valence-electron chi connectivity index (χ2n) is 4.43. The molecule has 0 spiro atoms. The average Bonchev–Trinajstić information content (AvgIpc) is 2.27. The average molecular weight is 247 g/mol. The van der Waals surface area contributed by atoms with E-state index in [0.717, 1.165) is 16.8 Å². The van der Waals surface area contributed by atoms with Crippen LogP contribution in [0, 0.1) is 25.5 Å². The molecule has 2 aromatic rings. The maximum atomic E-state index is 13.4. The van der Waals surface area contributed by atoms with Crippen LogP contribution in [0.5, 0.6) is 0 Å². The smallest absolute Gasteiger partial charge is 0.131 e. The maximum Gasteiger partial charge on any atom is 0.131 e. The van der Waals surface area contributed by atoms with E-state index >= 15 is 0 Å². The lowest BCUT2D eigenvalue weighted by molar-refractivity contribution is 0.560. The fourth-order valence-corrected chi connectivity index (χ4v) is 1.97. The van der Waals surface area contributed by atoms with E-state index in [-0.39, 0.29) is 12.1 Å². The first-order valence-electron chi connectivity index (χ1n) is 5.81. The largest absolute Gasteiger partial charge is 0.381 e. The SMILES string of the molecule is Cc1cc(C)cc(NCc2c(F)cccc2F)c1. The summed E-state index contributed by atoms with van der Waals surface area (Å²) in [5.41, 5.74) is 3.17. The Hall–Kier alpha value is -1.90. The zero-order valence-corrected chi connectivity index (χ0v) is 10.4. The minimum absolute atomic E-state index is 0.0664. The molecule has 2 aromatic carbocycles. The summed E-state index contributed by atoms with van der Waals surface area (Å²) >= 11 is 0. The quantitative estimate of drug-likeness (QED) is 0.857. The molecule has 0 saturated carbocycles. The molecule has 94 valence electrons. The van der Waals surface area contributed by atoms with Gasteiger partial charge < -0.3 is 5.32 Å². The highest BCUT2D eigenvalue weighted by Gasteiger charge is 2.07. The second kappa shape index (κ2) is 5.17. The molecule has 0 radical (unpaired) electrons. The Morgan fingerprint density at radius 2 is 1.50 bits per heavy atom. The normalized spacial score (nSPS) is 10.4. The molecule has 0 atom stereocenters. The molecule has 0 aliphatic rings. The fourth-order valence-electron chi connectivity index (χ4n) is 1.97. The van der Waals surface area contributed by atoms with E-state index in [1.54, 1.807) is 0 Å². The van der Waals surface area contributed by atoms with Gasteiger partial charge in [-0.3, -0.25) is 0 Å². The van der Waals surface area contributed by atoms with Gasteiger partial charge in [-0.25, -0.2) is 8.78 Å². The lowest BCUT2D eigenvalue weighted by Gasteiger charge is -2.10.